The zero-order valence-corrected chi connectivity index (χ0v) is 22.2. The lowest BCUT2D eigenvalue weighted by molar-refractivity contribution is -0.148. The number of hydrogen-bond acceptors (Lipinski definition) is 3. The fraction of sp³-hybridized carbons (Fsp3) is 0.200. The molecular weight excluding hydrogens is 602 g/mol. The van der Waals surface area contributed by atoms with Gasteiger partial charge in [0.05, 0.1) is 0 Å². The van der Waals surface area contributed by atoms with Gasteiger partial charge in [-0.15, -0.1) is 0 Å². The van der Waals surface area contributed by atoms with Crippen molar-refractivity contribution in [1.82, 2.24) is 4.90 Å². The summed E-state index contributed by atoms with van der Waals surface area (Å²) in [6.07, 6.45) is 0.315. The predicted molar refractivity (Wildman–Crippen MR) is 135 cm³/mol. The molecule has 164 valence electrons. The van der Waals surface area contributed by atoms with Gasteiger partial charge in [-0.3, -0.25) is 9.69 Å². The molecule has 32 heavy (non-hydrogen) atoms. The highest BCUT2D eigenvalue weighted by Gasteiger charge is 2.50. The molecule has 0 aromatic heterocycles. The fourth-order valence-electron chi connectivity index (χ4n) is 4.03. The van der Waals surface area contributed by atoms with Crippen molar-refractivity contribution in [3.05, 3.63) is 91.3 Å². The van der Waals surface area contributed by atoms with Crippen molar-refractivity contribution in [2.45, 2.75) is 32.0 Å². The Morgan fingerprint density at radius 1 is 0.969 bits per heavy atom. The number of amides is 1. The van der Waals surface area contributed by atoms with Gasteiger partial charge in [-0.2, -0.15) is 0 Å². The third-order valence-corrected chi connectivity index (χ3v) is 7.35. The highest BCUT2D eigenvalue weighted by atomic mass is 79.9. The van der Waals surface area contributed by atoms with E-state index in [0.717, 1.165) is 30.1 Å². The second kappa shape index (κ2) is 9.12. The number of cyclic esters (lactones) is 1. The van der Waals surface area contributed by atoms with Crippen LogP contribution in [0.2, 0.25) is 0 Å². The largest absolute Gasteiger partial charge is 0.438 e. The van der Waals surface area contributed by atoms with E-state index in [9.17, 15) is 9.59 Å². The Morgan fingerprint density at radius 2 is 1.56 bits per heavy atom. The van der Waals surface area contributed by atoms with Crippen molar-refractivity contribution in [3.8, 4) is 11.1 Å². The molecule has 0 spiro atoms. The lowest BCUT2D eigenvalue weighted by Crippen LogP contribution is -2.49. The SMILES string of the molecule is CC1(C)OC(=O)[C@H](Cc2c(Br)cc(Br)cc2Br)N1C(=O)c1ccccc1-c1ccccc1. The van der Waals surface area contributed by atoms with Crippen molar-refractivity contribution in [2.24, 2.45) is 0 Å². The molecule has 4 rings (SSSR count). The number of carbonyl (C=O) groups is 2. The molecule has 0 aliphatic carbocycles. The first-order valence-electron chi connectivity index (χ1n) is 10.0. The summed E-state index contributed by atoms with van der Waals surface area (Å²) in [5, 5.41) is 0. The number of nitrogens with zero attached hydrogens (tertiary/aromatic N) is 1. The Hall–Kier alpha value is -1.96. The minimum absolute atomic E-state index is 0.241. The summed E-state index contributed by atoms with van der Waals surface area (Å²) in [6, 6.07) is 20.3. The van der Waals surface area contributed by atoms with Crippen LogP contribution in [0.1, 0.15) is 29.8 Å². The van der Waals surface area contributed by atoms with Gasteiger partial charge in [-0.1, -0.05) is 96.3 Å². The Kier molecular flexibility index (Phi) is 6.61. The van der Waals surface area contributed by atoms with E-state index >= 15 is 0 Å². The minimum Gasteiger partial charge on any atom is -0.438 e. The number of benzene rings is 3. The molecule has 3 aromatic carbocycles. The Morgan fingerprint density at radius 3 is 2.22 bits per heavy atom. The third kappa shape index (κ3) is 4.43. The van der Waals surface area contributed by atoms with Gasteiger partial charge in [0, 0.05) is 25.4 Å². The topological polar surface area (TPSA) is 46.6 Å². The standard InChI is InChI=1S/C25H20Br3NO3/c1-25(2)29(22(24(31)32-25)14-19-20(27)12-16(26)13-21(19)28)23(30)18-11-7-6-10-17(18)15-8-4-3-5-9-15/h3-13,22H,14H2,1-2H3/t22-/m0/s1. The van der Waals surface area contributed by atoms with Crippen LogP contribution in [0.4, 0.5) is 0 Å². The van der Waals surface area contributed by atoms with Crippen LogP contribution in [-0.2, 0) is 16.0 Å². The molecule has 0 saturated carbocycles. The Labute approximate surface area is 212 Å². The van der Waals surface area contributed by atoms with Gasteiger partial charge in [-0.25, -0.2) is 4.79 Å². The van der Waals surface area contributed by atoms with Crippen molar-refractivity contribution < 1.29 is 14.3 Å². The first-order chi connectivity index (χ1) is 15.2. The number of hydrogen-bond donors (Lipinski definition) is 0. The number of ether oxygens (including phenoxy) is 1. The van der Waals surface area contributed by atoms with Crippen molar-refractivity contribution in [1.29, 1.82) is 0 Å². The molecule has 0 unspecified atom stereocenters. The van der Waals surface area contributed by atoms with E-state index in [1.165, 1.54) is 0 Å². The summed E-state index contributed by atoms with van der Waals surface area (Å²) in [4.78, 5) is 28.4. The van der Waals surface area contributed by atoms with E-state index in [0.29, 0.717) is 12.0 Å². The highest BCUT2D eigenvalue weighted by molar-refractivity contribution is 9.11. The highest BCUT2D eigenvalue weighted by Crippen LogP contribution is 2.37. The van der Waals surface area contributed by atoms with Crippen LogP contribution in [-0.4, -0.2) is 28.5 Å². The van der Waals surface area contributed by atoms with Gasteiger partial charge < -0.3 is 4.74 Å². The quantitative estimate of drug-likeness (QED) is 0.295. The first-order valence-corrected chi connectivity index (χ1v) is 12.4. The van der Waals surface area contributed by atoms with E-state index in [1.807, 2.05) is 60.7 Å². The van der Waals surface area contributed by atoms with E-state index < -0.39 is 17.7 Å². The normalized spacial score (nSPS) is 17.3. The maximum atomic E-state index is 13.9. The Bertz CT molecular complexity index is 1170. The summed E-state index contributed by atoms with van der Waals surface area (Å²) in [6.45, 7) is 3.50. The molecule has 1 saturated heterocycles. The van der Waals surface area contributed by atoms with Crippen LogP contribution in [0.25, 0.3) is 11.1 Å². The van der Waals surface area contributed by atoms with E-state index in [1.54, 1.807) is 24.8 Å². The monoisotopic (exact) mass is 619 g/mol. The second-order valence-electron chi connectivity index (χ2n) is 8.02. The first kappa shape index (κ1) is 23.2. The lowest BCUT2D eigenvalue weighted by atomic mass is 9.97. The van der Waals surface area contributed by atoms with Gasteiger partial charge in [-0.05, 0) is 48.7 Å². The van der Waals surface area contributed by atoms with Crippen LogP contribution in [0.3, 0.4) is 0 Å². The van der Waals surface area contributed by atoms with E-state index in [-0.39, 0.29) is 5.91 Å². The summed E-state index contributed by atoms with van der Waals surface area (Å²) in [5.74, 6) is -0.656. The molecule has 1 amide bonds. The molecule has 1 heterocycles. The average Bonchev–Trinajstić information content (AvgIpc) is 2.98. The zero-order chi connectivity index (χ0) is 23.0. The van der Waals surface area contributed by atoms with Crippen molar-refractivity contribution in [3.63, 3.8) is 0 Å². The predicted octanol–water partition coefficient (Wildman–Crippen LogP) is 6.99. The van der Waals surface area contributed by atoms with Crippen LogP contribution in [0.5, 0.6) is 0 Å². The smallest absolute Gasteiger partial charge is 0.331 e. The summed E-state index contributed by atoms with van der Waals surface area (Å²) in [7, 11) is 0. The number of halogens is 3. The maximum absolute atomic E-state index is 13.9. The summed E-state index contributed by atoms with van der Waals surface area (Å²) in [5.41, 5.74) is 2.11. The van der Waals surface area contributed by atoms with Gasteiger partial charge in [0.2, 0.25) is 0 Å². The van der Waals surface area contributed by atoms with Gasteiger partial charge >= 0.3 is 5.97 Å². The van der Waals surface area contributed by atoms with Crippen LogP contribution in [0, 0.1) is 0 Å². The number of rotatable bonds is 4. The van der Waals surface area contributed by atoms with Crippen LogP contribution >= 0.6 is 47.8 Å². The molecule has 0 bridgehead atoms. The third-order valence-electron chi connectivity index (χ3n) is 5.48. The molecule has 1 aliphatic heterocycles. The fourth-order valence-corrected chi connectivity index (χ4v) is 6.62. The number of esters is 1. The van der Waals surface area contributed by atoms with Gasteiger partial charge in [0.15, 0.2) is 5.72 Å². The molecular formula is C25H20Br3NO3. The zero-order valence-electron chi connectivity index (χ0n) is 17.4. The molecule has 0 N–H and O–H groups in total. The van der Waals surface area contributed by atoms with Crippen LogP contribution in [0.15, 0.2) is 80.1 Å². The summed E-state index contributed by atoms with van der Waals surface area (Å²) < 4.78 is 8.25. The molecule has 3 aromatic rings. The average molecular weight is 622 g/mol. The number of carbonyl (C=O) groups excluding carboxylic acids is 2. The molecule has 1 atom stereocenters. The van der Waals surface area contributed by atoms with Crippen LogP contribution < -0.4 is 0 Å². The van der Waals surface area contributed by atoms with E-state index in [4.69, 9.17) is 4.74 Å². The molecule has 0 radical (unpaired) electrons. The van der Waals surface area contributed by atoms with Gasteiger partial charge in [0.1, 0.15) is 6.04 Å². The molecule has 1 aliphatic rings. The van der Waals surface area contributed by atoms with E-state index in [2.05, 4.69) is 47.8 Å². The lowest BCUT2D eigenvalue weighted by Gasteiger charge is -2.32. The molecule has 1 fully saturated rings. The second-order valence-corrected chi connectivity index (χ2v) is 10.6. The van der Waals surface area contributed by atoms with Gasteiger partial charge in [0.25, 0.3) is 5.91 Å². The minimum atomic E-state index is -1.07. The van der Waals surface area contributed by atoms with Crippen molar-refractivity contribution in [2.75, 3.05) is 0 Å². The molecule has 7 heteroatoms. The summed E-state index contributed by atoms with van der Waals surface area (Å²) >= 11 is 10.6. The molecule has 4 nitrogen and oxygen atoms in total. The Balaban J connectivity index is 1.76. The van der Waals surface area contributed by atoms with Crippen molar-refractivity contribution >= 4 is 59.7 Å². The maximum Gasteiger partial charge on any atom is 0.331 e.